The number of anilines is 1. The van der Waals surface area contributed by atoms with Gasteiger partial charge in [-0.1, -0.05) is 5.92 Å². The molecule has 0 atom stereocenters. The van der Waals surface area contributed by atoms with E-state index in [9.17, 15) is 8.42 Å². The van der Waals surface area contributed by atoms with Crippen LogP contribution in [0, 0.1) is 12.3 Å². The summed E-state index contributed by atoms with van der Waals surface area (Å²) in [4.78, 5) is 0. The molecule has 0 bridgehead atoms. The predicted octanol–water partition coefficient (Wildman–Crippen LogP) is 1.05. The number of ether oxygens (including phenoxy) is 1. The van der Waals surface area contributed by atoms with Gasteiger partial charge in [0.15, 0.2) is 0 Å². The van der Waals surface area contributed by atoms with E-state index in [0.29, 0.717) is 17.0 Å². The summed E-state index contributed by atoms with van der Waals surface area (Å²) in [5, 5.41) is 0. The highest BCUT2D eigenvalue weighted by Crippen LogP contribution is 2.25. The zero-order chi connectivity index (χ0) is 11.5. The van der Waals surface area contributed by atoms with Crippen molar-refractivity contribution in [1.82, 2.24) is 0 Å². The molecule has 1 N–H and O–H groups in total. The van der Waals surface area contributed by atoms with E-state index in [4.69, 9.17) is 11.2 Å². The summed E-state index contributed by atoms with van der Waals surface area (Å²) in [5.41, 5.74) is 1.00. The molecule has 0 saturated heterocycles. The van der Waals surface area contributed by atoms with Crippen LogP contribution in [0.3, 0.4) is 0 Å². The Labute approximate surface area is 89.3 Å². The fourth-order valence-electron chi connectivity index (χ4n) is 1.07. The molecule has 5 heteroatoms. The van der Waals surface area contributed by atoms with E-state index in [0.717, 1.165) is 6.26 Å². The van der Waals surface area contributed by atoms with Gasteiger partial charge in [-0.3, -0.25) is 4.72 Å². The number of terminal acetylenes is 1. The van der Waals surface area contributed by atoms with Gasteiger partial charge in [-0.2, -0.15) is 0 Å². The minimum atomic E-state index is -3.31. The molecule has 1 rings (SSSR count). The second-order valence-electron chi connectivity index (χ2n) is 2.93. The van der Waals surface area contributed by atoms with E-state index in [1.165, 1.54) is 7.11 Å². The van der Waals surface area contributed by atoms with Gasteiger partial charge >= 0.3 is 0 Å². The zero-order valence-corrected chi connectivity index (χ0v) is 9.26. The lowest BCUT2D eigenvalue weighted by molar-refractivity contribution is 0.417. The van der Waals surface area contributed by atoms with Gasteiger partial charge in [-0.25, -0.2) is 8.42 Å². The minimum Gasteiger partial charge on any atom is -0.495 e. The van der Waals surface area contributed by atoms with Crippen LogP contribution in [0.25, 0.3) is 0 Å². The maximum absolute atomic E-state index is 11.0. The quantitative estimate of drug-likeness (QED) is 0.782. The Morgan fingerprint density at radius 2 is 2.13 bits per heavy atom. The molecular formula is C10H11NO3S. The average molecular weight is 225 g/mol. The van der Waals surface area contributed by atoms with Gasteiger partial charge < -0.3 is 4.74 Å². The predicted molar refractivity (Wildman–Crippen MR) is 59.4 cm³/mol. The lowest BCUT2D eigenvalue weighted by atomic mass is 10.2. The monoisotopic (exact) mass is 225 g/mol. The van der Waals surface area contributed by atoms with E-state index in [-0.39, 0.29) is 0 Å². The number of nitrogens with one attached hydrogen (secondary N) is 1. The molecule has 15 heavy (non-hydrogen) atoms. The third-order valence-corrected chi connectivity index (χ3v) is 2.25. The van der Waals surface area contributed by atoms with Crippen LogP contribution in [-0.4, -0.2) is 21.8 Å². The van der Waals surface area contributed by atoms with Crippen LogP contribution in [0.2, 0.25) is 0 Å². The lowest BCUT2D eigenvalue weighted by Gasteiger charge is -2.09. The molecule has 0 unspecified atom stereocenters. The molecular weight excluding hydrogens is 214 g/mol. The van der Waals surface area contributed by atoms with Crippen molar-refractivity contribution in [3.05, 3.63) is 23.8 Å². The van der Waals surface area contributed by atoms with Gasteiger partial charge in [0.1, 0.15) is 5.75 Å². The van der Waals surface area contributed by atoms with E-state index in [1.807, 2.05) is 0 Å². The number of hydrogen-bond acceptors (Lipinski definition) is 3. The van der Waals surface area contributed by atoms with E-state index < -0.39 is 10.0 Å². The molecule has 80 valence electrons. The van der Waals surface area contributed by atoms with Crippen molar-refractivity contribution >= 4 is 15.7 Å². The van der Waals surface area contributed by atoms with E-state index in [1.54, 1.807) is 18.2 Å². The van der Waals surface area contributed by atoms with E-state index in [2.05, 4.69) is 10.6 Å². The molecule has 0 spiro atoms. The van der Waals surface area contributed by atoms with Crippen LogP contribution in [0.1, 0.15) is 5.56 Å². The number of hydrogen-bond donors (Lipinski definition) is 1. The molecule has 0 saturated carbocycles. The third kappa shape index (κ3) is 3.18. The first-order valence-electron chi connectivity index (χ1n) is 4.08. The van der Waals surface area contributed by atoms with Gasteiger partial charge in [-0.15, -0.1) is 6.42 Å². The first kappa shape index (κ1) is 11.4. The molecule has 1 aromatic rings. The largest absolute Gasteiger partial charge is 0.495 e. The molecule has 4 nitrogen and oxygen atoms in total. The van der Waals surface area contributed by atoms with Crippen molar-refractivity contribution < 1.29 is 13.2 Å². The molecule has 0 heterocycles. The summed E-state index contributed by atoms with van der Waals surface area (Å²) < 4.78 is 29.4. The summed E-state index contributed by atoms with van der Waals surface area (Å²) in [7, 11) is -1.86. The Balaban J connectivity index is 3.15. The summed E-state index contributed by atoms with van der Waals surface area (Å²) in [6.45, 7) is 0. The first-order chi connectivity index (χ1) is 6.96. The summed E-state index contributed by atoms with van der Waals surface area (Å²) in [6, 6.07) is 4.79. The third-order valence-electron chi connectivity index (χ3n) is 1.66. The van der Waals surface area contributed by atoms with Crippen LogP contribution in [0.15, 0.2) is 18.2 Å². The standard InChI is InChI=1S/C10H11NO3S/c1-4-8-5-6-9(10(7-8)14-2)11-15(3,12)13/h1,5-7,11H,2-3H3. The number of methoxy groups -OCH3 is 1. The van der Waals surface area contributed by atoms with Crippen LogP contribution in [-0.2, 0) is 10.0 Å². The van der Waals surface area contributed by atoms with Gasteiger partial charge in [-0.05, 0) is 18.2 Å². The first-order valence-corrected chi connectivity index (χ1v) is 5.98. The van der Waals surface area contributed by atoms with Crippen molar-refractivity contribution in [2.75, 3.05) is 18.1 Å². The highest BCUT2D eigenvalue weighted by molar-refractivity contribution is 7.92. The minimum absolute atomic E-state index is 0.374. The second kappa shape index (κ2) is 4.24. The fourth-order valence-corrected chi connectivity index (χ4v) is 1.63. The Morgan fingerprint density at radius 3 is 2.60 bits per heavy atom. The molecule has 0 aliphatic rings. The van der Waals surface area contributed by atoms with Crippen LogP contribution < -0.4 is 9.46 Å². The summed E-state index contributed by atoms with van der Waals surface area (Å²) in [5.74, 6) is 2.83. The highest BCUT2D eigenvalue weighted by Gasteiger charge is 2.07. The van der Waals surface area contributed by atoms with Crippen molar-refractivity contribution in [1.29, 1.82) is 0 Å². The molecule has 0 aromatic heterocycles. The van der Waals surface area contributed by atoms with Gasteiger partial charge in [0.25, 0.3) is 0 Å². The number of sulfonamides is 1. The molecule has 0 radical (unpaired) electrons. The van der Waals surface area contributed by atoms with Crippen molar-refractivity contribution in [3.63, 3.8) is 0 Å². The maximum atomic E-state index is 11.0. The average Bonchev–Trinajstić information content (AvgIpc) is 2.16. The second-order valence-corrected chi connectivity index (χ2v) is 4.68. The molecule has 0 aliphatic heterocycles. The molecule has 1 aromatic carbocycles. The smallest absolute Gasteiger partial charge is 0.229 e. The Bertz CT molecular complexity index is 500. The van der Waals surface area contributed by atoms with Crippen LogP contribution in [0.5, 0.6) is 5.75 Å². The van der Waals surface area contributed by atoms with Crippen LogP contribution in [0.4, 0.5) is 5.69 Å². The summed E-state index contributed by atoms with van der Waals surface area (Å²) in [6.07, 6.45) is 6.28. The Morgan fingerprint density at radius 1 is 1.47 bits per heavy atom. The molecule has 0 amide bonds. The van der Waals surface area contributed by atoms with Crippen molar-refractivity contribution in [2.24, 2.45) is 0 Å². The SMILES string of the molecule is C#Cc1ccc(NS(C)(=O)=O)c(OC)c1. The van der Waals surface area contributed by atoms with E-state index >= 15 is 0 Å². The van der Waals surface area contributed by atoms with Gasteiger partial charge in [0.2, 0.25) is 10.0 Å². The van der Waals surface area contributed by atoms with Gasteiger partial charge in [0.05, 0.1) is 19.1 Å². The number of rotatable bonds is 3. The van der Waals surface area contributed by atoms with Crippen LogP contribution >= 0.6 is 0 Å². The molecule has 0 aliphatic carbocycles. The topological polar surface area (TPSA) is 55.4 Å². The zero-order valence-electron chi connectivity index (χ0n) is 8.44. The maximum Gasteiger partial charge on any atom is 0.229 e. The summed E-state index contributed by atoms with van der Waals surface area (Å²) >= 11 is 0. The van der Waals surface area contributed by atoms with Crippen molar-refractivity contribution in [3.8, 4) is 18.1 Å². The Hall–Kier alpha value is -1.67. The lowest BCUT2D eigenvalue weighted by Crippen LogP contribution is -2.10. The number of benzene rings is 1. The fraction of sp³-hybridized carbons (Fsp3) is 0.200. The molecule has 0 fully saturated rings. The van der Waals surface area contributed by atoms with Gasteiger partial charge in [0, 0.05) is 5.56 Å². The Kier molecular flexibility index (Phi) is 3.22. The highest BCUT2D eigenvalue weighted by atomic mass is 32.2. The normalized spacial score (nSPS) is 10.5. The van der Waals surface area contributed by atoms with Crippen molar-refractivity contribution in [2.45, 2.75) is 0 Å².